The number of carbonyl (C=O) groups excluding carboxylic acids is 2. The average molecular weight is 328 g/mol. The molecule has 0 saturated heterocycles. The Labute approximate surface area is 140 Å². The van der Waals surface area contributed by atoms with Crippen molar-refractivity contribution in [1.29, 1.82) is 0 Å². The molecule has 2 amide bonds. The Balaban J connectivity index is 2.17. The molecule has 0 aliphatic heterocycles. The summed E-state index contributed by atoms with van der Waals surface area (Å²) in [6.07, 6.45) is 2.93. The minimum Gasteiger partial charge on any atom is -0.375 e. The van der Waals surface area contributed by atoms with Crippen molar-refractivity contribution >= 4 is 11.8 Å². The van der Waals surface area contributed by atoms with Crippen molar-refractivity contribution in [3.8, 4) is 11.3 Å². The highest BCUT2D eigenvalue weighted by Crippen LogP contribution is 2.21. The largest absolute Gasteiger partial charge is 0.375 e. The van der Waals surface area contributed by atoms with Crippen LogP contribution in [0.15, 0.2) is 36.8 Å². The fourth-order valence-corrected chi connectivity index (χ4v) is 2.12. The number of aromatic nitrogens is 2. The predicted octanol–water partition coefficient (Wildman–Crippen LogP) is 1.11. The number of carbonyl (C=O) groups is 2. The lowest BCUT2D eigenvalue weighted by Crippen LogP contribution is -2.26. The quantitative estimate of drug-likeness (QED) is 0.858. The van der Waals surface area contributed by atoms with Crippen LogP contribution in [0.4, 0.5) is 0 Å². The van der Waals surface area contributed by atoms with Crippen molar-refractivity contribution in [3.63, 3.8) is 0 Å². The lowest BCUT2D eigenvalue weighted by molar-refractivity contribution is -0.124. The second kappa shape index (κ2) is 8.16. The fourth-order valence-electron chi connectivity index (χ4n) is 2.12. The van der Waals surface area contributed by atoms with E-state index in [9.17, 15) is 9.59 Å². The van der Waals surface area contributed by atoms with Gasteiger partial charge in [-0.25, -0.2) is 9.97 Å². The van der Waals surface area contributed by atoms with Crippen LogP contribution in [0.5, 0.6) is 0 Å². The Morgan fingerprint density at radius 1 is 1.21 bits per heavy atom. The molecule has 0 saturated carbocycles. The summed E-state index contributed by atoms with van der Waals surface area (Å²) >= 11 is 0. The summed E-state index contributed by atoms with van der Waals surface area (Å²) in [5.41, 5.74) is 2.79. The molecule has 2 aromatic rings. The number of nitrogens with one attached hydrogen (secondary N) is 1. The topological polar surface area (TPSA) is 84.4 Å². The van der Waals surface area contributed by atoms with Gasteiger partial charge in [0.05, 0.1) is 11.3 Å². The fraction of sp³-hybridized carbons (Fsp3) is 0.294. The molecule has 0 bridgehead atoms. The highest BCUT2D eigenvalue weighted by Gasteiger charge is 2.16. The van der Waals surface area contributed by atoms with Crippen LogP contribution in [0.2, 0.25) is 0 Å². The van der Waals surface area contributed by atoms with Gasteiger partial charge in [-0.3, -0.25) is 9.59 Å². The van der Waals surface area contributed by atoms with E-state index in [1.165, 1.54) is 24.5 Å². The third-order valence-electron chi connectivity index (χ3n) is 3.34. The van der Waals surface area contributed by atoms with Crippen LogP contribution in [0, 0.1) is 0 Å². The molecule has 0 atom stereocenters. The Kier molecular flexibility index (Phi) is 5.97. The zero-order valence-corrected chi connectivity index (χ0v) is 13.9. The molecule has 0 radical (unpaired) electrons. The van der Waals surface area contributed by atoms with E-state index < -0.39 is 0 Å². The number of nitrogens with zero attached hydrogens (tertiary/aromatic N) is 3. The molecule has 1 aromatic carbocycles. The Bertz CT molecular complexity index is 714. The first kappa shape index (κ1) is 17.6. The van der Waals surface area contributed by atoms with Crippen LogP contribution in [0.25, 0.3) is 11.3 Å². The van der Waals surface area contributed by atoms with Crippen molar-refractivity contribution in [3.05, 3.63) is 47.9 Å². The van der Waals surface area contributed by atoms with Crippen molar-refractivity contribution in [1.82, 2.24) is 20.2 Å². The maximum atomic E-state index is 12.2. The first-order chi connectivity index (χ1) is 11.5. The SMILES string of the molecule is COCC(=O)NCc1ccc(-c2ncncc2C(=O)N(C)C)cc1. The number of hydrogen-bond acceptors (Lipinski definition) is 5. The highest BCUT2D eigenvalue weighted by molar-refractivity contribution is 5.99. The number of ether oxygens (including phenoxy) is 1. The van der Waals surface area contributed by atoms with Gasteiger partial charge in [0.25, 0.3) is 5.91 Å². The van der Waals surface area contributed by atoms with Crippen molar-refractivity contribution in [2.24, 2.45) is 0 Å². The minimum absolute atomic E-state index is 0.0367. The third kappa shape index (κ3) is 4.36. The van der Waals surface area contributed by atoms with Crippen LogP contribution >= 0.6 is 0 Å². The lowest BCUT2D eigenvalue weighted by Gasteiger charge is -2.13. The monoisotopic (exact) mass is 328 g/mol. The second-order valence-corrected chi connectivity index (χ2v) is 5.39. The molecule has 0 aliphatic rings. The van der Waals surface area contributed by atoms with E-state index in [0.717, 1.165) is 11.1 Å². The van der Waals surface area contributed by atoms with Gasteiger partial charge in [-0.15, -0.1) is 0 Å². The second-order valence-electron chi connectivity index (χ2n) is 5.39. The molecular weight excluding hydrogens is 308 g/mol. The van der Waals surface area contributed by atoms with Gasteiger partial charge in [-0.2, -0.15) is 0 Å². The maximum Gasteiger partial charge on any atom is 0.257 e. The zero-order chi connectivity index (χ0) is 17.5. The van der Waals surface area contributed by atoms with Gasteiger partial charge in [0.2, 0.25) is 5.91 Å². The van der Waals surface area contributed by atoms with E-state index in [-0.39, 0.29) is 18.4 Å². The van der Waals surface area contributed by atoms with Crippen LogP contribution < -0.4 is 5.32 Å². The summed E-state index contributed by atoms with van der Waals surface area (Å²) in [5.74, 6) is -0.322. The van der Waals surface area contributed by atoms with Crippen molar-refractivity contribution in [2.45, 2.75) is 6.54 Å². The highest BCUT2D eigenvalue weighted by atomic mass is 16.5. The molecule has 0 fully saturated rings. The molecule has 7 nitrogen and oxygen atoms in total. The summed E-state index contributed by atoms with van der Waals surface area (Å²) in [6, 6.07) is 7.50. The third-order valence-corrected chi connectivity index (χ3v) is 3.34. The summed E-state index contributed by atoms with van der Waals surface area (Å²) < 4.78 is 4.76. The van der Waals surface area contributed by atoms with Crippen LogP contribution in [-0.4, -0.2) is 54.5 Å². The minimum atomic E-state index is -0.170. The normalized spacial score (nSPS) is 10.3. The molecule has 0 spiro atoms. The molecule has 1 heterocycles. The molecule has 126 valence electrons. The van der Waals surface area contributed by atoms with Crippen LogP contribution in [-0.2, 0) is 16.1 Å². The number of hydrogen-bond donors (Lipinski definition) is 1. The molecule has 24 heavy (non-hydrogen) atoms. The summed E-state index contributed by atoms with van der Waals surface area (Å²) in [6.45, 7) is 0.449. The molecular formula is C17H20N4O3. The Morgan fingerprint density at radius 3 is 2.54 bits per heavy atom. The van der Waals surface area contributed by atoms with Gasteiger partial charge in [0.15, 0.2) is 0 Å². The van der Waals surface area contributed by atoms with Gasteiger partial charge in [0, 0.05) is 39.5 Å². The number of amides is 2. The average Bonchev–Trinajstić information content (AvgIpc) is 2.60. The maximum absolute atomic E-state index is 12.2. The summed E-state index contributed by atoms with van der Waals surface area (Å²) in [4.78, 5) is 33.3. The van der Waals surface area contributed by atoms with Crippen LogP contribution in [0.3, 0.4) is 0 Å². The van der Waals surface area contributed by atoms with E-state index in [2.05, 4.69) is 15.3 Å². The Morgan fingerprint density at radius 2 is 1.92 bits per heavy atom. The van der Waals surface area contributed by atoms with Gasteiger partial charge >= 0.3 is 0 Å². The lowest BCUT2D eigenvalue weighted by atomic mass is 10.0. The van der Waals surface area contributed by atoms with Gasteiger partial charge in [-0.05, 0) is 5.56 Å². The molecule has 2 rings (SSSR count). The van der Waals surface area contributed by atoms with Gasteiger partial charge < -0.3 is 15.0 Å². The standard InChI is InChI=1S/C17H20N4O3/c1-21(2)17(23)14-9-18-11-20-16(14)13-6-4-12(5-7-13)8-19-15(22)10-24-3/h4-7,9,11H,8,10H2,1-3H3,(H,19,22). The zero-order valence-electron chi connectivity index (χ0n) is 13.9. The number of benzene rings is 1. The Hall–Kier alpha value is -2.80. The first-order valence-corrected chi connectivity index (χ1v) is 7.39. The van der Waals surface area contributed by atoms with Gasteiger partial charge in [0.1, 0.15) is 12.9 Å². The molecule has 0 unspecified atom stereocenters. The number of methoxy groups -OCH3 is 1. The van der Waals surface area contributed by atoms with E-state index in [4.69, 9.17) is 4.74 Å². The van der Waals surface area contributed by atoms with E-state index in [1.807, 2.05) is 24.3 Å². The molecule has 1 N–H and O–H groups in total. The smallest absolute Gasteiger partial charge is 0.257 e. The summed E-state index contributed by atoms with van der Waals surface area (Å²) in [7, 11) is 4.85. The predicted molar refractivity (Wildman–Crippen MR) is 89.2 cm³/mol. The van der Waals surface area contributed by atoms with Gasteiger partial charge in [-0.1, -0.05) is 24.3 Å². The number of rotatable bonds is 6. The molecule has 7 heteroatoms. The van der Waals surface area contributed by atoms with Crippen LogP contribution in [0.1, 0.15) is 15.9 Å². The molecule has 0 aliphatic carbocycles. The van der Waals surface area contributed by atoms with E-state index >= 15 is 0 Å². The van der Waals surface area contributed by atoms with E-state index in [0.29, 0.717) is 17.8 Å². The first-order valence-electron chi connectivity index (χ1n) is 7.39. The van der Waals surface area contributed by atoms with E-state index in [1.54, 1.807) is 14.1 Å². The molecule has 1 aromatic heterocycles. The van der Waals surface area contributed by atoms with Crippen molar-refractivity contribution in [2.75, 3.05) is 27.8 Å². The van der Waals surface area contributed by atoms with Crippen molar-refractivity contribution < 1.29 is 14.3 Å². The summed E-state index contributed by atoms with van der Waals surface area (Å²) in [5, 5.41) is 2.75.